The topological polar surface area (TPSA) is 63.8 Å². The molecule has 0 spiro atoms. The molecule has 6 heteroatoms. The van der Waals surface area contributed by atoms with Crippen molar-refractivity contribution in [2.75, 3.05) is 32.8 Å². The molecule has 0 radical (unpaired) electrons. The Morgan fingerprint density at radius 1 is 1.11 bits per heavy atom. The first kappa shape index (κ1) is 17.3. The Morgan fingerprint density at radius 2 is 1.89 bits per heavy atom. The first-order valence-electron chi connectivity index (χ1n) is 8.85. The number of methoxy groups -OCH3 is 3. The highest BCUT2D eigenvalue weighted by atomic mass is 16.5. The van der Waals surface area contributed by atoms with Crippen LogP contribution in [-0.4, -0.2) is 38.8 Å². The lowest BCUT2D eigenvalue weighted by Crippen LogP contribution is -2.30. The van der Waals surface area contributed by atoms with E-state index in [4.69, 9.17) is 14.2 Å². The molecule has 0 fully saturated rings. The van der Waals surface area contributed by atoms with Crippen LogP contribution in [0.2, 0.25) is 0 Å². The normalized spacial score (nSPS) is 12.9. The summed E-state index contributed by atoms with van der Waals surface area (Å²) in [5, 5.41) is 0.844. The first-order chi connectivity index (χ1) is 13.2. The molecule has 27 heavy (non-hydrogen) atoms. The highest BCUT2D eigenvalue weighted by Gasteiger charge is 2.26. The predicted molar refractivity (Wildman–Crippen MR) is 104 cm³/mol. The highest BCUT2D eigenvalue weighted by molar-refractivity contribution is 6.01. The number of para-hydroxylation sites is 1. The Balaban J connectivity index is 1.72. The number of carbonyl (C=O) groups is 1. The van der Waals surface area contributed by atoms with Gasteiger partial charge in [-0.25, -0.2) is 0 Å². The van der Waals surface area contributed by atoms with Gasteiger partial charge >= 0.3 is 0 Å². The van der Waals surface area contributed by atoms with E-state index in [2.05, 4.69) is 11.1 Å². The van der Waals surface area contributed by atoms with Gasteiger partial charge in [-0.1, -0.05) is 18.2 Å². The van der Waals surface area contributed by atoms with Crippen LogP contribution in [-0.2, 0) is 17.6 Å². The number of ether oxygens (including phenoxy) is 3. The van der Waals surface area contributed by atoms with E-state index in [9.17, 15) is 4.79 Å². The maximum absolute atomic E-state index is 13.0. The molecule has 140 valence electrons. The number of H-pyrrole nitrogens is 1. The van der Waals surface area contributed by atoms with Gasteiger partial charge in [0.2, 0.25) is 11.7 Å². The van der Waals surface area contributed by atoms with E-state index in [0.717, 1.165) is 35.1 Å². The molecule has 4 rings (SSSR count). The maximum atomic E-state index is 13.0. The minimum absolute atomic E-state index is 0.0673. The van der Waals surface area contributed by atoms with Crippen molar-refractivity contribution in [2.45, 2.75) is 12.8 Å². The predicted octanol–water partition coefficient (Wildman–Crippen LogP) is 3.33. The van der Waals surface area contributed by atoms with E-state index in [1.54, 1.807) is 21.3 Å². The van der Waals surface area contributed by atoms with Gasteiger partial charge in [0, 0.05) is 29.9 Å². The van der Waals surface area contributed by atoms with Crippen LogP contribution in [0.5, 0.6) is 17.2 Å². The van der Waals surface area contributed by atoms with Gasteiger partial charge in [-0.3, -0.25) is 4.79 Å². The molecule has 0 atom stereocenters. The van der Waals surface area contributed by atoms with E-state index in [1.807, 2.05) is 35.4 Å². The SMILES string of the molecule is COc1cc2[nH]cc(CC(=O)N3CCc4ccccc43)c2c(OC)c1OC. The number of hydrogen-bond donors (Lipinski definition) is 1. The molecule has 1 aliphatic rings. The maximum Gasteiger partial charge on any atom is 0.231 e. The van der Waals surface area contributed by atoms with Crippen LogP contribution < -0.4 is 19.1 Å². The van der Waals surface area contributed by atoms with Gasteiger partial charge in [0.1, 0.15) is 0 Å². The second kappa shape index (κ2) is 6.87. The van der Waals surface area contributed by atoms with Crippen molar-refractivity contribution in [3.63, 3.8) is 0 Å². The number of aromatic amines is 1. The molecule has 1 amide bonds. The lowest BCUT2D eigenvalue weighted by Gasteiger charge is -2.18. The lowest BCUT2D eigenvalue weighted by atomic mass is 10.1. The number of rotatable bonds is 5. The highest BCUT2D eigenvalue weighted by Crippen LogP contribution is 2.44. The zero-order valence-corrected chi connectivity index (χ0v) is 15.7. The number of hydrogen-bond acceptors (Lipinski definition) is 4. The molecule has 2 aromatic carbocycles. The Hall–Kier alpha value is -3.15. The number of aromatic nitrogens is 1. The summed E-state index contributed by atoms with van der Waals surface area (Å²) < 4.78 is 16.5. The minimum atomic E-state index is 0.0673. The standard InChI is InChI=1S/C21H22N2O4/c1-25-17-11-15-19(21(27-3)20(17)26-2)14(12-22-15)10-18(24)23-9-8-13-6-4-5-7-16(13)23/h4-7,11-12,22H,8-10H2,1-3H3. The van der Waals surface area contributed by atoms with Crippen LogP contribution in [0.4, 0.5) is 5.69 Å². The number of amides is 1. The molecule has 1 N–H and O–H groups in total. The van der Waals surface area contributed by atoms with Gasteiger partial charge in [0.25, 0.3) is 0 Å². The van der Waals surface area contributed by atoms with Crippen LogP contribution in [0.1, 0.15) is 11.1 Å². The third-order valence-electron chi connectivity index (χ3n) is 5.08. The molecular weight excluding hydrogens is 344 g/mol. The monoisotopic (exact) mass is 366 g/mol. The van der Waals surface area contributed by atoms with E-state index in [0.29, 0.717) is 17.2 Å². The number of benzene rings is 2. The third kappa shape index (κ3) is 2.77. The fraction of sp³-hybridized carbons (Fsp3) is 0.286. The largest absolute Gasteiger partial charge is 0.493 e. The molecule has 1 aromatic heterocycles. The Bertz CT molecular complexity index is 1010. The Labute approximate surface area is 157 Å². The fourth-order valence-electron chi connectivity index (χ4n) is 3.82. The second-order valence-electron chi connectivity index (χ2n) is 6.48. The molecule has 0 bridgehead atoms. The van der Waals surface area contributed by atoms with Gasteiger partial charge < -0.3 is 24.1 Å². The molecule has 1 aliphatic heterocycles. The number of nitrogens with zero attached hydrogens (tertiary/aromatic N) is 1. The van der Waals surface area contributed by atoms with Crippen molar-refractivity contribution in [3.8, 4) is 17.2 Å². The van der Waals surface area contributed by atoms with Crippen LogP contribution in [0.15, 0.2) is 36.5 Å². The van der Waals surface area contributed by atoms with E-state index in [1.165, 1.54) is 5.56 Å². The van der Waals surface area contributed by atoms with Crippen molar-refractivity contribution in [1.29, 1.82) is 0 Å². The summed E-state index contributed by atoms with van der Waals surface area (Å²) in [6.07, 6.45) is 3.02. The average Bonchev–Trinajstić information content (AvgIpc) is 3.30. The number of carbonyl (C=O) groups excluding carboxylic acids is 1. The first-order valence-corrected chi connectivity index (χ1v) is 8.85. The summed E-state index contributed by atoms with van der Waals surface area (Å²) in [6.45, 7) is 0.717. The van der Waals surface area contributed by atoms with E-state index >= 15 is 0 Å². The van der Waals surface area contributed by atoms with Crippen LogP contribution in [0, 0.1) is 0 Å². The van der Waals surface area contributed by atoms with Crippen molar-refractivity contribution in [1.82, 2.24) is 4.98 Å². The van der Waals surface area contributed by atoms with Crippen LogP contribution in [0.25, 0.3) is 10.9 Å². The van der Waals surface area contributed by atoms with Gasteiger partial charge in [0.05, 0.1) is 33.3 Å². The lowest BCUT2D eigenvalue weighted by molar-refractivity contribution is -0.117. The molecule has 6 nitrogen and oxygen atoms in total. The molecule has 0 saturated carbocycles. The molecular formula is C21H22N2O4. The quantitative estimate of drug-likeness (QED) is 0.752. The van der Waals surface area contributed by atoms with Gasteiger partial charge in [-0.05, 0) is 23.6 Å². The minimum Gasteiger partial charge on any atom is -0.493 e. The summed E-state index contributed by atoms with van der Waals surface area (Å²) in [7, 11) is 4.75. The summed E-state index contributed by atoms with van der Waals surface area (Å²) >= 11 is 0. The molecule has 3 aromatic rings. The van der Waals surface area contributed by atoms with Gasteiger partial charge in [-0.15, -0.1) is 0 Å². The zero-order chi connectivity index (χ0) is 19.0. The molecule has 0 unspecified atom stereocenters. The Kier molecular flexibility index (Phi) is 4.39. The van der Waals surface area contributed by atoms with Crippen molar-refractivity contribution in [2.24, 2.45) is 0 Å². The summed E-state index contributed by atoms with van der Waals surface area (Å²) in [5.41, 5.74) is 3.94. The molecule has 2 heterocycles. The summed E-state index contributed by atoms with van der Waals surface area (Å²) in [4.78, 5) is 18.1. The van der Waals surface area contributed by atoms with Crippen molar-refractivity contribution < 1.29 is 19.0 Å². The average molecular weight is 366 g/mol. The van der Waals surface area contributed by atoms with Crippen molar-refractivity contribution in [3.05, 3.63) is 47.7 Å². The molecule has 0 aliphatic carbocycles. The third-order valence-corrected chi connectivity index (χ3v) is 5.08. The number of fused-ring (bicyclic) bond motifs is 2. The summed E-state index contributed by atoms with van der Waals surface area (Å²) in [6, 6.07) is 9.92. The van der Waals surface area contributed by atoms with Crippen LogP contribution >= 0.6 is 0 Å². The fourth-order valence-corrected chi connectivity index (χ4v) is 3.82. The van der Waals surface area contributed by atoms with Gasteiger partial charge in [-0.2, -0.15) is 0 Å². The van der Waals surface area contributed by atoms with Crippen molar-refractivity contribution >= 4 is 22.5 Å². The molecule has 0 saturated heterocycles. The summed E-state index contributed by atoms with van der Waals surface area (Å²) in [5.74, 6) is 1.73. The van der Waals surface area contributed by atoms with Gasteiger partial charge in [0.15, 0.2) is 11.5 Å². The van der Waals surface area contributed by atoms with E-state index < -0.39 is 0 Å². The second-order valence-corrected chi connectivity index (χ2v) is 6.48. The smallest absolute Gasteiger partial charge is 0.231 e. The van der Waals surface area contributed by atoms with Crippen LogP contribution in [0.3, 0.4) is 0 Å². The van der Waals surface area contributed by atoms with E-state index in [-0.39, 0.29) is 12.3 Å². The number of anilines is 1. The number of nitrogens with one attached hydrogen (secondary N) is 1. The zero-order valence-electron chi connectivity index (χ0n) is 15.7. The Morgan fingerprint density at radius 3 is 2.63 bits per heavy atom.